The minimum atomic E-state index is -3.19. The predicted molar refractivity (Wildman–Crippen MR) is 105 cm³/mol. The minimum Gasteiger partial charge on any atom is -0.456 e. The van der Waals surface area contributed by atoms with Gasteiger partial charge in [-0.1, -0.05) is 35.9 Å². The lowest BCUT2D eigenvalue weighted by Crippen LogP contribution is -2.49. The van der Waals surface area contributed by atoms with Gasteiger partial charge < -0.3 is 9.64 Å². The van der Waals surface area contributed by atoms with Gasteiger partial charge >= 0.3 is 5.97 Å². The molecular weight excluding hydrogens is 380 g/mol. The Labute approximate surface area is 165 Å². The molecule has 1 fully saturated rings. The maximum Gasteiger partial charge on any atom is 0.306 e. The summed E-state index contributed by atoms with van der Waals surface area (Å²) in [7, 11) is -3.19. The molecule has 0 radical (unpaired) electrons. The van der Waals surface area contributed by atoms with Crippen molar-refractivity contribution in [2.45, 2.75) is 19.9 Å². The molecule has 1 atom stereocenters. The van der Waals surface area contributed by atoms with Gasteiger partial charge in [0.05, 0.1) is 12.2 Å². The number of sulfone groups is 1. The van der Waals surface area contributed by atoms with Crippen LogP contribution in [-0.2, 0) is 30.7 Å². The molecule has 2 aliphatic heterocycles. The molecule has 152 valence electrons. The second kappa shape index (κ2) is 8.87. The molecule has 1 saturated heterocycles. The Bertz CT molecular complexity index is 857. The van der Waals surface area contributed by atoms with Crippen LogP contribution in [0.5, 0.6) is 0 Å². The van der Waals surface area contributed by atoms with Gasteiger partial charge in [0.25, 0.3) is 5.91 Å². The zero-order chi connectivity index (χ0) is 20.1. The zero-order valence-corrected chi connectivity index (χ0v) is 16.9. The lowest BCUT2D eigenvalue weighted by Gasteiger charge is -2.34. The largest absolute Gasteiger partial charge is 0.456 e. The van der Waals surface area contributed by atoms with Gasteiger partial charge in [0.1, 0.15) is 0 Å². The Morgan fingerprint density at radius 1 is 1.18 bits per heavy atom. The van der Waals surface area contributed by atoms with Gasteiger partial charge in [0.2, 0.25) is 0 Å². The Balaban J connectivity index is 1.37. The van der Waals surface area contributed by atoms with E-state index in [0.29, 0.717) is 13.1 Å². The molecule has 0 saturated carbocycles. The smallest absolute Gasteiger partial charge is 0.306 e. The van der Waals surface area contributed by atoms with E-state index in [9.17, 15) is 18.0 Å². The van der Waals surface area contributed by atoms with Crippen LogP contribution in [-0.4, -0.2) is 68.6 Å². The van der Waals surface area contributed by atoms with Crippen molar-refractivity contribution in [3.8, 4) is 0 Å². The highest BCUT2D eigenvalue weighted by Gasteiger charge is 2.26. The van der Waals surface area contributed by atoms with Crippen molar-refractivity contribution in [3.05, 3.63) is 46.9 Å². The number of hydrogen-bond donors (Lipinski definition) is 0. The lowest BCUT2D eigenvalue weighted by atomic mass is 10.1. The fourth-order valence-electron chi connectivity index (χ4n) is 3.50. The Hall–Kier alpha value is -2.19. The number of allylic oxidation sites excluding steroid dienone is 1. The number of hydrogen-bond acceptors (Lipinski definition) is 6. The number of carbonyl (C=O) groups is 2. The molecule has 2 heterocycles. The second-order valence-electron chi connectivity index (χ2n) is 7.43. The van der Waals surface area contributed by atoms with Gasteiger partial charge in [-0.05, 0) is 12.5 Å². The highest BCUT2D eigenvalue weighted by molar-refractivity contribution is 7.94. The van der Waals surface area contributed by atoms with Crippen LogP contribution in [0.25, 0.3) is 0 Å². The van der Waals surface area contributed by atoms with Crippen molar-refractivity contribution in [1.82, 2.24) is 9.80 Å². The van der Waals surface area contributed by atoms with Gasteiger partial charge in [-0.25, -0.2) is 8.42 Å². The SMILES string of the molecule is Cc1cccc(CN2CCN(C(=O)COC(=O)CC3C=CS(=O)(=O)C3)CC2)c1. The summed E-state index contributed by atoms with van der Waals surface area (Å²) in [5.74, 6) is -1.19. The molecule has 0 aliphatic carbocycles. The molecule has 1 unspecified atom stereocenters. The van der Waals surface area contributed by atoms with Gasteiger partial charge in [0, 0.05) is 44.0 Å². The number of rotatable bonds is 6. The number of benzene rings is 1. The molecule has 1 aromatic carbocycles. The van der Waals surface area contributed by atoms with Crippen LogP contribution in [0.1, 0.15) is 17.5 Å². The third kappa shape index (κ3) is 5.90. The summed E-state index contributed by atoms with van der Waals surface area (Å²) in [5.41, 5.74) is 2.50. The third-order valence-corrected chi connectivity index (χ3v) is 6.47. The fourth-order valence-corrected chi connectivity index (χ4v) is 4.90. The summed E-state index contributed by atoms with van der Waals surface area (Å²) < 4.78 is 27.8. The molecule has 3 rings (SSSR count). The number of piperazine rings is 1. The van der Waals surface area contributed by atoms with E-state index >= 15 is 0 Å². The normalized spacial score (nSPS) is 21.6. The summed E-state index contributed by atoms with van der Waals surface area (Å²) in [6.07, 6.45) is 1.49. The zero-order valence-electron chi connectivity index (χ0n) is 16.0. The summed E-state index contributed by atoms with van der Waals surface area (Å²) in [5, 5.41) is 1.13. The van der Waals surface area contributed by atoms with Crippen LogP contribution < -0.4 is 0 Å². The predicted octanol–water partition coefficient (Wildman–Crippen LogP) is 1.13. The average Bonchev–Trinajstić information content (AvgIpc) is 2.98. The van der Waals surface area contributed by atoms with E-state index in [0.717, 1.165) is 25.0 Å². The molecule has 0 spiro atoms. The molecule has 8 heteroatoms. The highest BCUT2D eigenvalue weighted by atomic mass is 32.2. The van der Waals surface area contributed by atoms with Crippen molar-refractivity contribution in [1.29, 1.82) is 0 Å². The summed E-state index contributed by atoms with van der Waals surface area (Å²) in [6.45, 7) is 5.40. The van der Waals surface area contributed by atoms with E-state index in [-0.39, 0.29) is 30.6 Å². The van der Waals surface area contributed by atoms with Crippen molar-refractivity contribution < 1.29 is 22.7 Å². The van der Waals surface area contributed by atoms with Gasteiger partial charge in [0.15, 0.2) is 16.4 Å². The molecule has 1 aromatic rings. The van der Waals surface area contributed by atoms with Gasteiger partial charge in [-0.3, -0.25) is 14.5 Å². The third-order valence-electron chi connectivity index (χ3n) is 5.00. The molecule has 0 aromatic heterocycles. The standard InChI is InChI=1S/C20H26N2O5S/c1-16-3-2-4-17(11-16)13-21-6-8-22(9-7-21)19(23)14-27-20(24)12-18-5-10-28(25,26)15-18/h2-5,10-11,18H,6-9,12-15H2,1H3. The summed E-state index contributed by atoms with van der Waals surface area (Å²) in [6, 6.07) is 8.40. The molecular formula is C20H26N2O5S. The van der Waals surface area contributed by atoms with E-state index in [2.05, 4.69) is 36.1 Å². The van der Waals surface area contributed by atoms with Crippen LogP contribution in [0.15, 0.2) is 35.7 Å². The van der Waals surface area contributed by atoms with E-state index in [4.69, 9.17) is 4.74 Å². The Morgan fingerprint density at radius 3 is 2.57 bits per heavy atom. The van der Waals surface area contributed by atoms with Crippen molar-refractivity contribution in [2.75, 3.05) is 38.5 Å². The lowest BCUT2D eigenvalue weighted by molar-refractivity contribution is -0.153. The Kier molecular flexibility index (Phi) is 6.51. The van der Waals surface area contributed by atoms with Crippen molar-refractivity contribution in [2.24, 2.45) is 5.92 Å². The highest BCUT2D eigenvalue weighted by Crippen LogP contribution is 2.18. The van der Waals surface area contributed by atoms with Gasteiger partial charge in [-0.2, -0.15) is 0 Å². The summed E-state index contributed by atoms with van der Waals surface area (Å²) >= 11 is 0. The van der Waals surface area contributed by atoms with E-state index in [1.54, 1.807) is 4.90 Å². The molecule has 1 amide bonds. The average molecular weight is 407 g/mol. The quantitative estimate of drug-likeness (QED) is 0.659. The first-order valence-corrected chi connectivity index (χ1v) is 11.1. The van der Waals surface area contributed by atoms with E-state index in [1.165, 1.54) is 17.2 Å². The van der Waals surface area contributed by atoms with Crippen LogP contribution in [0.3, 0.4) is 0 Å². The molecule has 2 aliphatic rings. The first-order valence-electron chi connectivity index (χ1n) is 9.43. The Morgan fingerprint density at radius 2 is 1.93 bits per heavy atom. The van der Waals surface area contributed by atoms with Gasteiger partial charge in [-0.15, -0.1) is 0 Å². The number of aryl methyl sites for hydroxylation is 1. The first kappa shape index (κ1) is 20.5. The maximum absolute atomic E-state index is 12.3. The molecule has 0 bridgehead atoms. The molecule has 7 nitrogen and oxygen atoms in total. The minimum absolute atomic E-state index is 0.0206. The van der Waals surface area contributed by atoms with E-state index < -0.39 is 15.8 Å². The van der Waals surface area contributed by atoms with Crippen LogP contribution in [0.4, 0.5) is 0 Å². The van der Waals surface area contributed by atoms with E-state index in [1.807, 2.05) is 0 Å². The van der Waals surface area contributed by atoms with Crippen LogP contribution >= 0.6 is 0 Å². The number of esters is 1. The molecule has 28 heavy (non-hydrogen) atoms. The van der Waals surface area contributed by atoms with Crippen molar-refractivity contribution >= 4 is 21.7 Å². The topological polar surface area (TPSA) is 84.0 Å². The number of carbonyl (C=O) groups excluding carboxylic acids is 2. The van der Waals surface area contributed by atoms with Crippen LogP contribution in [0.2, 0.25) is 0 Å². The molecule has 0 N–H and O–H groups in total. The summed E-state index contributed by atoms with van der Waals surface area (Å²) in [4.78, 5) is 28.1. The first-order chi connectivity index (χ1) is 13.3. The maximum atomic E-state index is 12.3. The number of ether oxygens (including phenoxy) is 1. The number of amides is 1. The van der Waals surface area contributed by atoms with Crippen LogP contribution in [0, 0.1) is 12.8 Å². The number of nitrogens with zero attached hydrogens (tertiary/aromatic N) is 2. The monoisotopic (exact) mass is 406 g/mol. The second-order valence-corrected chi connectivity index (χ2v) is 9.36. The van der Waals surface area contributed by atoms with Crippen molar-refractivity contribution in [3.63, 3.8) is 0 Å². The fraction of sp³-hybridized carbons (Fsp3) is 0.500.